The minimum Gasteiger partial charge on any atom is -0.298 e. The predicted octanol–water partition coefficient (Wildman–Crippen LogP) is 3.64. The summed E-state index contributed by atoms with van der Waals surface area (Å²) in [5.41, 5.74) is -0.228. The molecule has 2 aromatic rings. The topological polar surface area (TPSA) is 52.0 Å². The van der Waals surface area contributed by atoms with Crippen LogP contribution >= 0.6 is 0 Å². The third-order valence-electron chi connectivity index (χ3n) is 3.45. The molecule has 0 aliphatic rings. The van der Waals surface area contributed by atoms with Crippen LogP contribution in [0.4, 0.5) is 13.2 Å². The van der Waals surface area contributed by atoms with Gasteiger partial charge in [0.15, 0.2) is 5.78 Å². The van der Waals surface area contributed by atoms with E-state index >= 15 is 0 Å². The van der Waals surface area contributed by atoms with Crippen molar-refractivity contribution in [1.29, 1.82) is 0 Å². The Hall–Kier alpha value is -2.44. The van der Waals surface area contributed by atoms with E-state index in [0.29, 0.717) is 11.3 Å². The first-order valence-electron chi connectivity index (χ1n) is 7.38. The Morgan fingerprint density at radius 3 is 2.46 bits per heavy atom. The van der Waals surface area contributed by atoms with E-state index in [1.165, 1.54) is 25.1 Å². The number of hydrogen-bond donors (Lipinski definition) is 0. The number of carbonyl (C=O) groups is 1. The lowest BCUT2D eigenvalue weighted by molar-refractivity contribution is -0.137. The number of Topliss-reactive ketones (excluding diaryl/α,β-unsaturated/α-hetero) is 1. The standard InChI is InChI=1S/C17H17F3N2O2/c1-10(2)16-14(8-15(24)22(21-16)9-11(3)23)12-5-4-6-13(7-12)17(18,19)20/h4-8,10H,9H2,1-3H3. The SMILES string of the molecule is CC(=O)Cn1nc(C(C)C)c(-c2cccc(C(F)(F)F)c2)cc1=O. The van der Waals surface area contributed by atoms with E-state index in [9.17, 15) is 22.8 Å². The van der Waals surface area contributed by atoms with Gasteiger partial charge in [0, 0.05) is 11.6 Å². The molecule has 0 amide bonds. The molecule has 0 atom stereocenters. The molecule has 0 aliphatic heterocycles. The van der Waals surface area contributed by atoms with E-state index < -0.39 is 17.3 Å². The Balaban J connectivity index is 2.64. The fraction of sp³-hybridized carbons (Fsp3) is 0.353. The van der Waals surface area contributed by atoms with Crippen molar-refractivity contribution in [2.24, 2.45) is 0 Å². The molecule has 1 aromatic heterocycles. The van der Waals surface area contributed by atoms with E-state index in [2.05, 4.69) is 5.10 Å². The summed E-state index contributed by atoms with van der Waals surface area (Å²) in [5, 5.41) is 4.18. The smallest absolute Gasteiger partial charge is 0.298 e. The molecule has 0 fully saturated rings. The van der Waals surface area contributed by atoms with Gasteiger partial charge < -0.3 is 0 Å². The molecule has 0 unspecified atom stereocenters. The summed E-state index contributed by atoms with van der Waals surface area (Å²) in [6, 6.07) is 6.01. The molecule has 1 aromatic carbocycles. The molecule has 4 nitrogen and oxygen atoms in total. The first-order chi connectivity index (χ1) is 11.1. The molecule has 2 rings (SSSR count). The Morgan fingerprint density at radius 1 is 1.25 bits per heavy atom. The number of alkyl halides is 3. The summed E-state index contributed by atoms with van der Waals surface area (Å²) >= 11 is 0. The van der Waals surface area contributed by atoms with Gasteiger partial charge in [0.1, 0.15) is 6.54 Å². The monoisotopic (exact) mass is 338 g/mol. The van der Waals surface area contributed by atoms with E-state index in [0.717, 1.165) is 16.8 Å². The molecule has 0 spiro atoms. The lowest BCUT2D eigenvalue weighted by Crippen LogP contribution is -2.27. The van der Waals surface area contributed by atoms with Gasteiger partial charge >= 0.3 is 6.18 Å². The van der Waals surface area contributed by atoms with Crippen LogP contribution in [0.1, 0.15) is 37.9 Å². The van der Waals surface area contributed by atoms with E-state index in [1.807, 2.05) is 13.8 Å². The van der Waals surface area contributed by atoms with Gasteiger partial charge in [0.25, 0.3) is 5.56 Å². The second-order valence-electron chi connectivity index (χ2n) is 5.87. The first kappa shape index (κ1) is 17.9. The molecule has 24 heavy (non-hydrogen) atoms. The molecule has 0 aliphatic carbocycles. The fourth-order valence-corrected chi connectivity index (χ4v) is 2.35. The van der Waals surface area contributed by atoms with Crippen LogP contribution < -0.4 is 5.56 Å². The summed E-state index contributed by atoms with van der Waals surface area (Å²) < 4.78 is 39.8. The van der Waals surface area contributed by atoms with Crippen molar-refractivity contribution >= 4 is 5.78 Å². The average molecular weight is 338 g/mol. The number of ketones is 1. The van der Waals surface area contributed by atoms with Crippen molar-refractivity contribution in [1.82, 2.24) is 9.78 Å². The highest BCUT2D eigenvalue weighted by molar-refractivity contribution is 5.75. The van der Waals surface area contributed by atoms with Crippen molar-refractivity contribution < 1.29 is 18.0 Å². The number of hydrogen-bond acceptors (Lipinski definition) is 3. The highest BCUT2D eigenvalue weighted by Gasteiger charge is 2.30. The summed E-state index contributed by atoms with van der Waals surface area (Å²) in [5.74, 6) is -0.362. The Morgan fingerprint density at radius 2 is 1.92 bits per heavy atom. The summed E-state index contributed by atoms with van der Waals surface area (Å²) in [7, 11) is 0. The first-order valence-corrected chi connectivity index (χ1v) is 7.38. The number of aromatic nitrogens is 2. The molecule has 128 valence electrons. The van der Waals surface area contributed by atoms with Gasteiger partial charge in [0.05, 0.1) is 11.3 Å². The quantitative estimate of drug-likeness (QED) is 0.855. The Bertz CT molecular complexity index is 823. The maximum Gasteiger partial charge on any atom is 0.416 e. The second-order valence-corrected chi connectivity index (χ2v) is 5.87. The molecule has 0 N–H and O–H groups in total. The largest absolute Gasteiger partial charge is 0.416 e. The normalized spacial score (nSPS) is 11.8. The number of halogens is 3. The zero-order chi connectivity index (χ0) is 18.1. The molecule has 0 radical (unpaired) electrons. The third kappa shape index (κ3) is 3.90. The molecule has 0 saturated heterocycles. The van der Waals surface area contributed by atoms with Crippen LogP contribution in [0.5, 0.6) is 0 Å². The van der Waals surface area contributed by atoms with Gasteiger partial charge in [-0.1, -0.05) is 26.0 Å². The lowest BCUT2D eigenvalue weighted by Gasteiger charge is -2.15. The van der Waals surface area contributed by atoms with E-state index in [1.54, 1.807) is 0 Å². The van der Waals surface area contributed by atoms with Crippen LogP contribution in [0.15, 0.2) is 35.1 Å². The molecular formula is C17H17F3N2O2. The summed E-state index contributed by atoms with van der Waals surface area (Å²) in [6.45, 7) is 4.81. The van der Waals surface area contributed by atoms with Gasteiger partial charge in [-0.15, -0.1) is 0 Å². The fourth-order valence-electron chi connectivity index (χ4n) is 2.35. The number of benzene rings is 1. The lowest BCUT2D eigenvalue weighted by atomic mass is 9.97. The van der Waals surface area contributed by atoms with Gasteiger partial charge in [-0.3, -0.25) is 9.59 Å². The van der Waals surface area contributed by atoms with E-state index in [4.69, 9.17) is 0 Å². The molecular weight excluding hydrogens is 321 g/mol. The molecule has 0 saturated carbocycles. The number of rotatable bonds is 4. The van der Waals surface area contributed by atoms with Crippen LogP contribution in [0.3, 0.4) is 0 Å². The highest BCUT2D eigenvalue weighted by atomic mass is 19.4. The van der Waals surface area contributed by atoms with E-state index in [-0.39, 0.29) is 23.8 Å². The summed E-state index contributed by atoms with van der Waals surface area (Å²) in [4.78, 5) is 23.4. The van der Waals surface area contributed by atoms with Crippen molar-refractivity contribution in [2.45, 2.75) is 39.4 Å². The maximum absolute atomic E-state index is 12.9. The Kier molecular flexibility index (Phi) is 4.91. The van der Waals surface area contributed by atoms with Crippen LogP contribution in [-0.4, -0.2) is 15.6 Å². The Labute approximate surface area is 136 Å². The predicted molar refractivity (Wildman–Crippen MR) is 83.7 cm³/mol. The zero-order valence-electron chi connectivity index (χ0n) is 13.5. The van der Waals surface area contributed by atoms with Gasteiger partial charge in [-0.05, 0) is 30.5 Å². The van der Waals surface area contributed by atoms with Gasteiger partial charge in [-0.2, -0.15) is 18.3 Å². The average Bonchev–Trinajstić information content (AvgIpc) is 2.47. The zero-order valence-corrected chi connectivity index (χ0v) is 13.5. The minimum absolute atomic E-state index is 0.131. The summed E-state index contributed by atoms with van der Waals surface area (Å²) in [6.07, 6.45) is -4.47. The minimum atomic E-state index is -4.47. The van der Waals surface area contributed by atoms with Crippen LogP contribution in [0.25, 0.3) is 11.1 Å². The van der Waals surface area contributed by atoms with Gasteiger partial charge in [0.2, 0.25) is 0 Å². The number of nitrogens with zero attached hydrogens (tertiary/aromatic N) is 2. The molecule has 7 heteroatoms. The van der Waals surface area contributed by atoms with Crippen molar-refractivity contribution in [3.8, 4) is 11.1 Å². The maximum atomic E-state index is 12.9. The number of carbonyl (C=O) groups excluding carboxylic acids is 1. The highest BCUT2D eigenvalue weighted by Crippen LogP contribution is 2.33. The van der Waals surface area contributed by atoms with Crippen LogP contribution in [0.2, 0.25) is 0 Å². The van der Waals surface area contributed by atoms with Crippen molar-refractivity contribution in [2.75, 3.05) is 0 Å². The third-order valence-corrected chi connectivity index (χ3v) is 3.45. The van der Waals surface area contributed by atoms with Crippen molar-refractivity contribution in [3.05, 3.63) is 51.9 Å². The van der Waals surface area contributed by atoms with Gasteiger partial charge in [-0.25, -0.2) is 4.68 Å². The molecule has 0 bridgehead atoms. The van der Waals surface area contributed by atoms with Crippen LogP contribution in [-0.2, 0) is 17.5 Å². The molecule has 1 heterocycles. The second kappa shape index (κ2) is 6.59. The van der Waals surface area contributed by atoms with Crippen LogP contribution in [0, 0.1) is 0 Å². The van der Waals surface area contributed by atoms with Crippen molar-refractivity contribution in [3.63, 3.8) is 0 Å².